The van der Waals surface area contributed by atoms with Crippen molar-refractivity contribution in [2.75, 3.05) is 6.61 Å². The first kappa shape index (κ1) is 16.8. The van der Waals surface area contributed by atoms with E-state index in [1.54, 1.807) is 23.5 Å². The second kappa shape index (κ2) is 7.21. The van der Waals surface area contributed by atoms with E-state index >= 15 is 0 Å². The lowest BCUT2D eigenvalue weighted by Gasteiger charge is -2.01. The molecule has 2 heterocycles. The number of aryl methyl sites for hydroxylation is 1. The van der Waals surface area contributed by atoms with Crippen molar-refractivity contribution in [1.29, 1.82) is 0 Å². The number of azo groups is 1. The summed E-state index contributed by atoms with van der Waals surface area (Å²) in [5.74, 6) is -0.483. The molecular weight excluding hydrogens is 323 g/mol. The minimum absolute atomic E-state index is 0.0276. The average molecular weight is 340 g/mol. The van der Waals surface area contributed by atoms with Gasteiger partial charge in [0, 0.05) is 6.20 Å². The molecule has 25 heavy (non-hydrogen) atoms. The van der Waals surface area contributed by atoms with Crippen molar-refractivity contribution >= 4 is 23.1 Å². The summed E-state index contributed by atoms with van der Waals surface area (Å²) in [6, 6.07) is 9.83. The van der Waals surface area contributed by atoms with Gasteiger partial charge in [-0.05, 0) is 37.6 Å². The van der Waals surface area contributed by atoms with Crippen LogP contribution in [0.4, 0.5) is 15.9 Å². The Balaban J connectivity index is 2.05. The van der Waals surface area contributed by atoms with Gasteiger partial charge in [0.2, 0.25) is 0 Å². The lowest BCUT2D eigenvalue weighted by atomic mass is 10.3. The predicted octanol–water partition coefficient (Wildman–Crippen LogP) is 4.30. The molecule has 6 nitrogen and oxygen atoms in total. The van der Waals surface area contributed by atoms with Gasteiger partial charge < -0.3 is 4.74 Å². The third-order valence-electron chi connectivity index (χ3n) is 3.53. The van der Waals surface area contributed by atoms with Gasteiger partial charge in [-0.15, -0.1) is 10.2 Å². The second-order valence-corrected chi connectivity index (χ2v) is 5.45. The molecule has 0 N–H and O–H groups in total. The fraction of sp³-hybridized carbons (Fsp3) is 0.222. The molecule has 0 atom stereocenters. The molecule has 0 saturated heterocycles. The number of carbonyl (C=O) groups is 1. The van der Waals surface area contributed by atoms with Gasteiger partial charge >= 0.3 is 5.97 Å². The number of hydrogen-bond acceptors (Lipinski definition) is 5. The Bertz CT molecular complexity index is 949. The van der Waals surface area contributed by atoms with Crippen LogP contribution in [0, 0.1) is 12.7 Å². The number of pyridine rings is 1. The number of aromatic nitrogens is 2. The second-order valence-electron chi connectivity index (χ2n) is 5.45. The highest BCUT2D eigenvalue weighted by molar-refractivity contribution is 5.74. The van der Waals surface area contributed by atoms with Crippen molar-refractivity contribution in [3.63, 3.8) is 0 Å². The standard InChI is InChI=1S/C18H17FN4O2/c1-3-25-17(24)10-15-18(22-21-14-7-5-4-6-13(14)19)23-11-12(2)8-9-16(23)20-15/h4-9,11H,3,10H2,1-2H3. The Morgan fingerprint density at radius 1 is 1.24 bits per heavy atom. The third kappa shape index (κ3) is 3.71. The Kier molecular flexibility index (Phi) is 4.83. The maximum absolute atomic E-state index is 13.8. The maximum Gasteiger partial charge on any atom is 0.312 e. The van der Waals surface area contributed by atoms with Crippen molar-refractivity contribution in [3.8, 4) is 0 Å². The molecule has 0 saturated carbocycles. The number of benzene rings is 1. The van der Waals surface area contributed by atoms with E-state index in [9.17, 15) is 9.18 Å². The average Bonchev–Trinajstić information content (AvgIpc) is 2.91. The number of ether oxygens (including phenoxy) is 1. The molecule has 0 aliphatic carbocycles. The highest BCUT2D eigenvalue weighted by Gasteiger charge is 2.16. The lowest BCUT2D eigenvalue weighted by Crippen LogP contribution is -2.07. The largest absolute Gasteiger partial charge is 0.466 e. The summed E-state index contributed by atoms with van der Waals surface area (Å²) in [4.78, 5) is 16.3. The molecular formula is C18H17FN4O2. The van der Waals surface area contributed by atoms with E-state index in [-0.39, 0.29) is 18.7 Å². The van der Waals surface area contributed by atoms with Crippen LogP contribution in [0.25, 0.3) is 5.65 Å². The first-order valence-electron chi connectivity index (χ1n) is 7.88. The number of rotatable bonds is 5. The quantitative estimate of drug-likeness (QED) is 0.513. The van der Waals surface area contributed by atoms with Crippen molar-refractivity contribution in [2.24, 2.45) is 10.2 Å². The monoisotopic (exact) mass is 340 g/mol. The minimum atomic E-state index is -0.469. The van der Waals surface area contributed by atoms with Crippen molar-refractivity contribution in [3.05, 3.63) is 59.7 Å². The van der Waals surface area contributed by atoms with E-state index in [4.69, 9.17) is 4.74 Å². The summed E-state index contributed by atoms with van der Waals surface area (Å²) >= 11 is 0. The number of carbonyl (C=O) groups excluding carboxylic acids is 1. The smallest absolute Gasteiger partial charge is 0.312 e. The minimum Gasteiger partial charge on any atom is -0.466 e. The van der Waals surface area contributed by atoms with Crippen LogP contribution >= 0.6 is 0 Å². The SMILES string of the molecule is CCOC(=O)Cc1nc2ccc(C)cn2c1N=Nc1ccccc1F. The van der Waals surface area contributed by atoms with Crippen LogP contribution in [0.2, 0.25) is 0 Å². The molecule has 0 aliphatic heterocycles. The van der Waals surface area contributed by atoms with Crippen LogP contribution in [0.15, 0.2) is 52.8 Å². The summed E-state index contributed by atoms with van der Waals surface area (Å²) in [6.07, 6.45) is 1.81. The Labute approximate surface area is 144 Å². The van der Waals surface area contributed by atoms with Crippen LogP contribution in [0.5, 0.6) is 0 Å². The number of halogens is 1. The van der Waals surface area contributed by atoms with Crippen LogP contribution < -0.4 is 0 Å². The van der Waals surface area contributed by atoms with Gasteiger partial charge in [0.1, 0.15) is 11.3 Å². The molecule has 3 rings (SSSR count). The number of hydrogen-bond donors (Lipinski definition) is 0. The van der Waals surface area contributed by atoms with E-state index in [0.29, 0.717) is 17.2 Å². The molecule has 0 aliphatic rings. The fourth-order valence-corrected chi connectivity index (χ4v) is 2.39. The van der Waals surface area contributed by atoms with Crippen LogP contribution in [-0.4, -0.2) is 22.0 Å². The summed E-state index contributed by atoms with van der Waals surface area (Å²) in [5.41, 5.74) is 2.18. The molecule has 0 amide bonds. The van der Waals surface area contributed by atoms with E-state index in [1.807, 2.05) is 25.3 Å². The predicted molar refractivity (Wildman–Crippen MR) is 90.8 cm³/mol. The maximum atomic E-state index is 13.8. The Hall–Kier alpha value is -3.09. The molecule has 0 radical (unpaired) electrons. The van der Waals surface area contributed by atoms with Gasteiger partial charge in [0.15, 0.2) is 11.6 Å². The molecule has 0 spiro atoms. The summed E-state index contributed by atoms with van der Waals surface area (Å²) < 4.78 is 20.5. The third-order valence-corrected chi connectivity index (χ3v) is 3.53. The van der Waals surface area contributed by atoms with Gasteiger partial charge in [0.05, 0.1) is 18.7 Å². The van der Waals surface area contributed by atoms with Gasteiger partial charge in [-0.1, -0.05) is 18.2 Å². The Morgan fingerprint density at radius 2 is 2.04 bits per heavy atom. The van der Waals surface area contributed by atoms with E-state index < -0.39 is 11.8 Å². The molecule has 128 valence electrons. The van der Waals surface area contributed by atoms with Crippen molar-refractivity contribution in [2.45, 2.75) is 20.3 Å². The summed E-state index contributed by atoms with van der Waals surface area (Å²) in [6.45, 7) is 3.96. The van der Waals surface area contributed by atoms with Crippen molar-refractivity contribution in [1.82, 2.24) is 9.38 Å². The zero-order valence-electron chi connectivity index (χ0n) is 13.9. The van der Waals surface area contributed by atoms with Gasteiger partial charge in [-0.3, -0.25) is 9.20 Å². The topological polar surface area (TPSA) is 68.3 Å². The van der Waals surface area contributed by atoms with Gasteiger partial charge in [-0.2, -0.15) is 0 Å². The first-order chi connectivity index (χ1) is 12.1. The molecule has 0 unspecified atom stereocenters. The molecule has 0 bridgehead atoms. The zero-order chi connectivity index (χ0) is 17.8. The van der Waals surface area contributed by atoms with Crippen LogP contribution in [0.1, 0.15) is 18.2 Å². The molecule has 3 aromatic rings. The Morgan fingerprint density at radius 3 is 2.80 bits per heavy atom. The number of fused-ring (bicyclic) bond motifs is 1. The van der Waals surface area contributed by atoms with E-state index in [0.717, 1.165) is 5.56 Å². The van der Waals surface area contributed by atoms with E-state index in [1.165, 1.54) is 12.1 Å². The number of nitrogens with zero attached hydrogens (tertiary/aromatic N) is 4. The lowest BCUT2D eigenvalue weighted by molar-refractivity contribution is -0.142. The van der Waals surface area contributed by atoms with Gasteiger partial charge in [0.25, 0.3) is 0 Å². The summed E-state index contributed by atoms with van der Waals surface area (Å²) in [5, 5.41) is 8.14. The highest BCUT2D eigenvalue weighted by Crippen LogP contribution is 2.26. The van der Waals surface area contributed by atoms with Crippen LogP contribution in [0.3, 0.4) is 0 Å². The number of imidazole rings is 1. The van der Waals surface area contributed by atoms with E-state index in [2.05, 4.69) is 15.2 Å². The van der Waals surface area contributed by atoms with Gasteiger partial charge in [-0.25, -0.2) is 9.37 Å². The summed E-state index contributed by atoms with van der Waals surface area (Å²) in [7, 11) is 0. The molecule has 7 heteroatoms. The number of esters is 1. The first-order valence-corrected chi connectivity index (χ1v) is 7.88. The normalized spacial score (nSPS) is 11.3. The van der Waals surface area contributed by atoms with Crippen molar-refractivity contribution < 1.29 is 13.9 Å². The fourth-order valence-electron chi connectivity index (χ4n) is 2.39. The molecule has 0 fully saturated rings. The van der Waals surface area contributed by atoms with Crippen LogP contribution in [-0.2, 0) is 16.0 Å². The highest BCUT2D eigenvalue weighted by atomic mass is 19.1. The molecule has 1 aromatic carbocycles. The zero-order valence-corrected chi connectivity index (χ0v) is 13.9. The molecule has 2 aromatic heterocycles.